The zero-order valence-corrected chi connectivity index (χ0v) is 13.4. The van der Waals surface area contributed by atoms with E-state index in [2.05, 4.69) is 42.8 Å². The van der Waals surface area contributed by atoms with E-state index in [1.807, 2.05) is 18.7 Å². The van der Waals surface area contributed by atoms with Crippen LogP contribution in [-0.4, -0.2) is 35.1 Å². The van der Waals surface area contributed by atoms with E-state index in [-0.39, 0.29) is 0 Å². The molecule has 4 nitrogen and oxygen atoms in total. The molecule has 0 aliphatic heterocycles. The van der Waals surface area contributed by atoms with Crippen molar-refractivity contribution in [3.63, 3.8) is 0 Å². The summed E-state index contributed by atoms with van der Waals surface area (Å²) >= 11 is 5.43. The minimum atomic E-state index is 0.845. The van der Waals surface area contributed by atoms with Crippen molar-refractivity contribution >= 4 is 39.3 Å². The standard InChI is InChI=1S/C12H21BrN4S/c1-3-14-11-10(13)12(17-9-16-11)15-7-5-4-6-8-18-2/h9H,3-8H2,1-2H3,(H2,14,15,16,17). The number of hydrogen-bond donors (Lipinski definition) is 2. The van der Waals surface area contributed by atoms with Crippen LogP contribution in [0, 0.1) is 0 Å². The largest absolute Gasteiger partial charge is 0.369 e. The number of thioether (sulfide) groups is 1. The smallest absolute Gasteiger partial charge is 0.145 e. The zero-order chi connectivity index (χ0) is 13.2. The first-order chi connectivity index (χ1) is 8.79. The van der Waals surface area contributed by atoms with Crippen molar-refractivity contribution in [2.45, 2.75) is 26.2 Å². The molecule has 0 saturated heterocycles. The molecule has 0 amide bonds. The van der Waals surface area contributed by atoms with E-state index in [0.29, 0.717) is 0 Å². The van der Waals surface area contributed by atoms with E-state index in [4.69, 9.17) is 0 Å². The molecule has 2 N–H and O–H groups in total. The number of nitrogens with zero attached hydrogens (tertiary/aromatic N) is 2. The number of hydrogen-bond acceptors (Lipinski definition) is 5. The third-order valence-corrected chi connectivity index (χ3v) is 3.90. The third kappa shape index (κ3) is 5.44. The van der Waals surface area contributed by atoms with Gasteiger partial charge >= 0.3 is 0 Å². The van der Waals surface area contributed by atoms with Gasteiger partial charge < -0.3 is 10.6 Å². The Bertz CT molecular complexity index is 349. The second-order valence-corrected chi connectivity index (χ2v) is 5.67. The molecule has 6 heteroatoms. The number of halogens is 1. The van der Waals surface area contributed by atoms with E-state index in [0.717, 1.165) is 29.2 Å². The molecular formula is C12H21BrN4S. The van der Waals surface area contributed by atoms with Crippen LogP contribution < -0.4 is 10.6 Å². The monoisotopic (exact) mass is 332 g/mol. The molecule has 18 heavy (non-hydrogen) atoms. The van der Waals surface area contributed by atoms with Crippen LogP contribution in [0.4, 0.5) is 11.6 Å². The van der Waals surface area contributed by atoms with E-state index in [1.165, 1.54) is 25.0 Å². The van der Waals surface area contributed by atoms with Crippen molar-refractivity contribution in [1.29, 1.82) is 0 Å². The van der Waals surface area contributed by atoms with Gasteiger partial charge in [0.05, 0.1) is 0 Å². The summed E-state index contributed by atoms with van der Waals surface area (Å²) in [5, 5.41) is 6.54. The fraction of sp³-hybridized carbons (Fsp3) is 0.667. The Morgan fingerprint density at radius 1 is 1.17 bits per heavy atom. The van der Waals surface area contributed by atoms with Gasteiger partial charge in [0.1, 0.15) is 22.4 Å². The highest BCUT2D eigenvalue weighted by molar-refractivity contribution is 9.10. The molecule has 0 aromatic carbocycles. The topological polar surface area (TPSA) is 49.8 Å². The van der Waals surface area contributed by atoms with Crippen molar-refractivity contribution < 1.29 is 0 Å². The highest BCUT2D eigenvalue weighted by Crippen LogP contribution is 2.26. The van der Waals surface area contributed by atoms with Crippen molar-refractivity contribution in [3.8, 4) is 0 Å². The second-order valence-electron chi connectivity index (χ2n) is 3.90. The second kappa shape index (κ2) is 9.44. The molecule has 0 fully saturated rings. The lowest BCUT2D eigenvalue weighted by Gasteiger charge is -2.10. The maximum absolute atomic E-state index is 4.24. The molecule has 1 heterocycles. The summed E-state index contributed by atoms with van der Waals surface area (Å²) < 4.78 is 0.913. The van der Waals surface area contributed by atoms with Crippen molar-refractivity contribution in [2.24, 2.45) is 0 Å². The predicted molar refractivity (Wildman–Crippen MR) is 84.6 cm³/mol. The lowest BCUT2D eigenvalue weighted by molar-refractivity contribution is 0.748. The Balaban J connectivity index is 2.35. The molecule has 102 valence electrons. The van der Waals surface area contributed by atoms with Gasteiger partial charge in [-0.1, -0.05) is 6.42 Å². The van der Waals surface area contributed by atoms with E-state index in [9.17, 15) is 0 Å². The molecule has 1 aromatic heterocycles. The minimum Gasteiger partial charge on any atom is -0.369 e. The molecule has 0 bridgehead atoms. The van der Waals surface area contributed by atoms with Crippen LogP contribution >= 0.6 is 27.7 Å². The molecule has 0 atom stereocenters. The Labute approximate surface area is 122 Å². The van der Waals surface area contributed by atoms with Gasteiger partial charge in [-0.05, 0) is 47.7 Å². The minimum absolute atomic E-state index is 0.845. The lowest BCUT2D eigenvalue weighted by Crippen LogP contribution is -2.07. The van der Waals surface area contributed by atoms with Crippen LogP contribution in [0.25, 0.3) is 0 Å². The zero-order valence-electron chi connectivity index (χ0n) is 11.0. The summed E-state index contributed by atoms with van der Waals surface area (Å²) in [6, 6.07) is 0. The number of aromatic nitrogens is 2. The van der Waals surface area contributed by atoms with E-state index in [1.54, 1.807) is 6.33 Å². The van der Waals surface area contributed by atoms with E-state index < -0.39 is 0 Å². The van der Waals surface area contributed by atoms with Crippen LogP contribution in [-0.2, 0) is 0 Å². The fourth-order valence-corrected chi connectivity index (χ4v) is 2.52. The molecule has 0 aliphatic carbocycles. The SMILES string of the molecule is CCNc1ncnc(NCCCCCSC)c1Br. The first-order valence-electron chi connectivity index (χ1n) is 6.26. The average molecular weight is 333 g/mol. The first-order valence-corrected chi connectivity index (χ1v) is 8.45. The summed E-state index contributed by atoms with van der Waals surface area (Å²) in [6.45, 7) is 3.85. The molecule has 1 rings (SSSR count). The van der Waals surface area contributed by atoms with Gasteiger partial charge in [-0.3, -0.25) is 0 Å². The third-order valence-electron chi connectivity index (χ3n) is 2.45. The van der Waals surface area contributed by atoms with Crippen LogP contribution in [0.15, 0.2) is 10.8 Å². The lowest BCUT2D eigenvalue weighted by atomic mass is 10.2. The Morgan fingerprint density at radius 2 is 1.89 bits per heavy atom. The van der Waals surface area contributed by atoms with Gasteiger partial charge in [0.2, 0.25) is 0 Å². The molecule has 0 radical (unpaired) electrons. The molecular weight excluding hydrogens is 312 g/mol. The summed E-state index contributed by atoms with van der Waals surface area (Å²) in [7, 11) is 0. The number of nitrogens with one attached hydrogen (secondary N) is 2. The number of rotatable bonds is 9. The Kier molecular flexibility index (Phi) is 8.17. The Hall–Kier alpha value is -0.490. The van der Waals surface area contributed by atoms with Gasteiger partial charge in [0, 0.05) is 13.1 Å². The maximum atomic E-state index is 4.24. The predicted octanol–water partition coefficient (Wildman–Crippen LogP) is 3.62. The van der Waals surface area contributed by atoms with Gasteiger partial charge in [0.15, 0.2) is 0 Å². The van der Waals surface area contributed by atoms with Crippen LogP contribution in [0.3, 0.4) is 0 Å². The van der Waals surface area contributed by atoms with Gasteiger partial charge in [-0.15, -0.1) is 0 Å². The van der Waals surface area contributed by atoms with Gasteiger partial charge in [0.25, 0.3) is 0 Å². The van der Waals surface area contributed by atoms with Crippen LogP contribution in [0.5, 0.6) is 0 Å². The molecule has 0 unspecified atom stereocenters. The van der Waals surface area contributed by atoms with Crippen molar-refractivity contribution in [2.75, 3.05) is 35.7 Å². The summed E-state index contributed by atoms with van der Waals surface area (Å²) in [4.78, 5) is 8.43. The molecule has 0 spiro atoms. The summed E-state index contributed by atoms with van der Waals surface area (Å²) in [5.41, 5.74) is 0. The van der Waals surface area contributed by atoms with E-state index >= 15 is 0 Å². The molecule has 0 saturated carbocycles. The fourth-order valence-electron chi connectivity index (χ4n) is 1.54. The molecule has 0 aliphatic rings. The average Bonchev–Trinajstić information content (AvgIpc) is 2.38. The summed E-state index contributed by atoms with van der Waals surface area (Å²) in [6.07, 6.45) is 7.46. The van der Waals surface area contributed by atoms with Crippen molar-refractivity contribution in [3.05, 3.63) is 10.8 Å². The Morgan fingerprint density at radius 3 is 2.56 bits per heavy atom. The quantitative estimate of drug-likeness (QED) is 0.676. The van der Waals surface area contributed by atoms with Crippen LogP contribution in [0.2, 0.25) is 0 Å². The van der Waals surface area contributed by atoms with Gasteiger partial charge in [-0.25, -0.2) is 9.97 Å². The highest BCUT2D eigenvalue weighted by Gasteiger charge is 2.06. The van der Waals surface area contributed by atoms with Gasteiger partial charge in [-0.2, -0.15) is 11.8 Å². The maximum Gasteiger partial charge on any atom is 0.145 e. The number of unbranched alkanes of at least 4 members (excludes halogenated alkanes) is 2. The van der Waals surface area contributed by atoms with Crippen LogP contribution in [0.1, 0.15) is 26.2 Å². The van der Waals surface area contributed by atoms with Crippen molar-refractivity contribution in [1.82, 2.24) is 9.97 Å². The highest BCUT2D eigenvalue weighted by atomic mass is 79.9. The normalized spacial score (nSPS) is 10.4. The first kappa shape index (κ1) is 15.6. The summed E-state index contributed by atoms with van der Waals surface area (Å²) in [5.74, 6) is 2.96. The molecule has 1 aromatic rings. The number of anilines is 2.